The molecule has 9 heavy (non-hydrogen) atoms. The van der Waals surface area contributed by atoms with Gasteiger partial charge in [-0.3, -0.25) is 0 Å². The highest BCUT2D eigenvalue weighted by Crippen LogP contribution is 2.43. The molecule has 1 heterocycles. The average Bonchev–Trinajstić information content (AvgIpc) is 2.34. The van der Waals surface area contributed by atoms with Crippen LogP contribution < -0.4 is 5.32 Å². The fraction of sp³-hybridized carbons (Fsp3) is 0.714. The van der Waals surface area contributed by atoms with Gasteiger partial charge >= 0.3 is 0 Å². The van der Waals surface area contributed by atoms with Crippen LogP contribution in [0.3, 0.4) is 0 Å². The van der Waals surface area contributed by atoms with Gasteiger partial charge in [0.1, 0.15) is 0 Å². The van der Waals surface area contributed by atoms with Crippen molar-refractivity contribution in [3.63, 3.8) is 0 Å². The summed E-state index contributed by atoms with van der Waals surface area (Å²) in [5.74, 6) is 0. The van der Waals surface area contributed by atoms with Gasteiger partial charge in [0.05, 0.1) is 0 Å². The van der Waals surface area contributed by atoms with E-state index in [1.807, 2.05) is 0 Å². The van der Waals surface area contributed by atoms with E-state index in [1.165, 1.54) is 24.8 Å². The van der Waals surface area contributed by atoms with Gasteiger partial charge in [0, 0.05) is 12.1 Å². The third kappa shape index (κ3) is 1.12. The third-order valence-corrected chi connectivity index (χ3v) is 2.16. The Hall–Kier alpha value is -0.0100. The lowest BCUT2D eigenvalue weighted by molar-refractivity contribution is 0.604. The predicted molar refractivity (Wildman–Crippen MR) is 41.0 cm³/mol. The van der Waals surface area contributed by atoms with Crippen LogP contribution >= 0.6 is 12.4 Å². The number of halogens is 1. The molecule has 1 aliphatic carbocycles. The minimum atomic E-state index is 0. The molecule has 0 aromatic rings. The zero-order valence-electron chi connectivity index (χ0n) is 5.44. The first-order chi connectivity index (χ1) is 3.81. The van der Waals surface area contributed by atoms with E-state index in [1.54, 1.807) is 0 Å². The number of hydrogen-bond donors (Lipinski definition) is 1. The van der Waals surface area contributed by atoms with Gasteiger partial charge in [-0.2, -0.15) is 0 Å². The molecule has 2 aliphatic rings. The normalized spacial score (nSPS) is 28.2. The second-order valence-electron chi connectivity index (χ2n) is 3.06. The summed E-state index contributed by atoms with van der Waals surface area (Å²) >= 11 is 0. The topological polar surface area (TPSA) is 12.0 Å². The highest BCUT2D eigenvalue weighted by atomic mass is 35.5. The summed E-state index contributed by atoms with van der Waals surface area (Å²) in [4.78, 5) is 0. The monoisotopic (exact) mass is 145 g/mol. The molecule has 1 nitrogen and oxygen atoms in total. The molecule has 1 saturated heterocycles. The predicted octanol–water partition coefficient (Wildman–Crippen LogP) is 1.49. The van der Waals surface area contributed by atoms with Crippen LogP contribution in [0.25, 0.3) is 0 Å². The van der Waals surface area contributed by atoms with Crippen LogP contribution in [0.1, 0.15) is 19.3 Å². The van der Waals surface area contributed by atoms with Gasteiger partial charge in [-0.15, -0.1) is 12.4 Å². The van der Waals surface area contributed by atoms with Crippen molar-refractivity contribution < 1.29 is 0 Å². The van der Waals surface area contributed by atoms with Crippen LogP contribution in [0.5, 0.6) is 0 Å². The Kier molecular flexibility index (Phi) is 1.57. The van der Waals surface area contributed by atoms with Crippen molar-refractivity contribution in [2.75, 3.05) is 6.54 Å². The Balaban J connectivity index is 0.000000405. The number of hydrogen-bond acceptors (Lipinski definition) is 1. The van der Waals surface area contributed by atoms with E-state index in [0.29, 0.717) is 5.54 Å². The average molecular weight is 146 g/mol. The van der Waals surface area contributed by atoms with Crippen molar-refractivity contribution in [2.24, 2.45) is 0 Å². The van der Waals surface area contributed by atoms with Crippen molar-refractivity contribution in [3.8, 4) is 0 Å². The summed E-state index contributed by atoms with van der Waals surface area (Å²) < 4.78 is 0. The molecule has 0 aromatic carbocycles. The van der Waals surface area contributed by atoms with Crippen molar-refractivity contribution in [1.82, 2.24) is 5.32 Å². The Morgan fingerprint density at radius 1 is 1.44 bits per heavy atom. The lowest BCUT2D eigenvalue weighted by Gasteiger charge is -2.00. The first-order valence-corrected chi connectivity index (χ1v) is 3.22. The Labute approximate surface area is 61.9 Å². The lowest BCUT2D eigenvalue weighted by Crippen LogP contribution is -2.22. The molecule has 52 valence electrons. The van der Waals surface area contributed by atoms with Crippen molar-refractivity contribution >= 4 is 12.4 Å². The number of nitrogens with one attached hydrogen (secondary N) is 1. The van der Waals surface area contributed by atoms with Crippen LogP contribution in [0.15, 0.2) is 12.2 Å². The summed E-state index contributed by atoms with van der Waals surface area (Å²) in [5.41, 5.74) is 1.96. The fourth-order valence-corrected chi connectivity index (χ4v) is 1.42. The molecule has 0 atom stereocenters. The molecule has 1 aliphatic heterocycles. The third-order valence-electron chi connectivity index (χ3n) is 2.16. The second-order valence-corrected chi connectivity index (χ2v) is 3.06. The van der Waals surface area contributed by atoms with Crippen molar-refractivity contribution in [1.29, 1.82) is 0 Å². The van der Waals surface area contributed by atoms with Crippen molar-refractivity contribution in [3.05, 3.63) is 12.2 Å². The zero-order valence-corrected chi connectivity index (χ0v) is 6.26. The molecule has 2 heteroatoms. The summed E-state index contributed by atoms with van der Waals surface area (Å²) in [6, 6.07) is 0. The second kappa shape index (κ2) is 1.99. The summed E-state index contributed by atoms with van der Waals surface area (Å²) in [7, 11) is 0. The fourth-order valence-electron chi connectivity index (χ4n) is 1.42. The largest absolute Gasteiger partial charge is 0.307 e. The molecule has 2 rings (SSSR count). The number of rotatable bonds is 0. The molecule has 1 spiro atoms. The van der Waals surface area contributed by atoms with Crippen LogP contribution in [0.2, 0.25) is 0 Å². The van der Waals surface area contributed by atoms with E-state index < -0.39 is 0 Å². The van der Waals surface area contributed by atoms with Gasteiger partial charge in [-0.05, 0) is 19.3 Å². The Morgan fingerprint density at radius 2 is 2.11 bits per heavy atom. The van der Waals surface area contributed by atoms with E-state index in [0.717, 1.165) is 6.54 Å². The molecule has 1 saturated carbocycles. The van der Waals surface area contributed by atoms with Gasteiger partial charge in [0.15, 0.2) is 0 Å². The minimum Gasteiger partial charge on any atom is -0.307 e. The maximum atomic E-state index is 3.93. The van der Waals surface area contributed by atoms with Gasteiger partial charge in [-0.1, -0.05) is 12.2 Å². The highest BCUT2D eigenvalue weighted by Gasteiger charge is 2.45. The quantitative estimate of drug-likeness (QED) is 0.510. The molecular weight excluding hydrogens is 134 g/mol. The Bertz CT molecular complexity index is 138. The van der Waals surface area contributed by atoms with E-state index in [9.17, 15) is 0 Å². The molecular formula is C7H12ClN. The van der Waals surface area contributed by atoms with Crippen LogP contribution in [0.4, 0.5) is 0 Å². The molecule has 0 radical (unpaired) electrons. The summed E-state index contributed by atoms with van der Waals surface area (Å²) in [6.45, 7) is 5.00. The molecule has 0 bridgehead atoms. The van der Waals surface area contributed by atoms with E-state index in [4.69, 9.17) is 0 Å². The van der Waals surface area contributed by atoms with Crippen LogP contribution in [0, 0.1) is 0 Å². The lowest BCUT2D eigenvalue weighted by atomic mass is 10.1. The van der Waals surface area contributed by atoms with Gasteiger partial charge in [-0.25, -0.2) is 0 Å². The van der Waals surface area contributed by atoms with Gasteiger partial charge in [0.25, 0.3) is 0 Å². The Morgan fingerprint density at radius 3 is 2.33 bits per heavy atom. The maximum absolute atomic E-state index is 3.93. The smallest absolute Gasteiger partial charge is 0.0223 e. The van der Waals surface area contributed by atoms with E-state index in [2.05, 4.69) is 11.9 Å². The van der Waals surface area contributed by atoms with E-state index >= 15 is 0 Å². The SMILES string of the molecule is C=C1CNC2(CC2)C1.Cl. The van der Waals surface area contributed by atoms with Gasteiger partial charge < -0.3 is 5.32 Å². The maximum Gasteiger partial charge on any atom is 0.0223 e. The molecule has 0 amide bonds. The first-order valence-electron chi connectivity index (χ1n) is 3.22. The molecule has 1 N–H and O–H groups in total. The first kappa shape index (κ1) is 7.10. The van der Waals surface area contributed by atoms with Gasteiger partial charge in [0.2, 0.25) is 0 Å². The summed E-state index contributed by atoms with van der Waals surface area (Å²) in [5, 5.41) is 3.46. The summed E-state index contributed by atoms with van der Waals surface area (Å²) in [6.07, 6.45) is 4.00. The molecule has 0 aromatic heterocycles. The van der Waals surface area contributed by atoms with Crippen LogP contribution in [-0.4, -0.2) is 12.1 Å². The minimum absolute atomic E-state index is 0. The molecule has 0 unspecified atom stereocenters. The van der Waals surface area contributed by atoms with Crippen LogP contribution in [-0.2, 0) is 0 Å². The van der Waals surface area contributed by atoms with Crippen molar-refractivity contribution in [2.45, 2.75) is 24.8 Å². The zero-order chi connectivity index (χ0) is 5.61. The molecule has 2 fully saturated rings. The highest BCUT2D eigenvalue weighted by molar-refractivity contribution is 5.85. The standard InChI is InChI=1S/C7H11N.ClH/c1-6-4-7(2-3-7)8-5-6;/h8H,1-5H2;1H. The van der Waals surface area contributed by atoms with E-state index in [-0.39, 0.29) is 12.4 Å².